The third kappa shape index (κ3) is 3.62. The molecule has 1 aliphatic rings. The Balaban J connectivity index is 1.72. The number of para-hydroxylation sites is 1. The van der Waals surface area contributed by atoms with Crippen molar-refractivity contribution >= 4 is 15.7 Å². The number of furan rings is 1. The van der Waals surface area contributed by atoms with Crippen molar-refractivity contribution in [2.45, 2.75) is 19.4 Å². The van der Waals surface area contributed by atoms with E-state index in [0.29, 0.717) is 18.7 Å². The fraction of sp³-hybridized carbons (Fsp3) is 0.353. The number of sulfone groups is 1. The molecule has 3 rings (SSSR count). The van der Waals surface area contributed by atoms with Crippen LogP contribution in [0.1, 0.15) is 23.9 Å². The topological polar surface area (TPSA) is 76.8 Å². The summed E-state index contributed by atoms with van der Waals surface area (Å²) in [5.41, 5.74) is 0. The van der Waals surface area contributed by atoms with Gasteiger partial charge in [0, 0.05) is 18.7 Å². The van der Waals surface area contributed by atoms with Gasteiger partial charge < -0.3 is 14.1 Å². The van der Waals surface area contributed by atoms with Gasteiger partial charge >= 0.3 is 0 Å². The van der Waals surface area contributed by atoms with Crippen molar-refractivity contribution in [3.63, 3.8) is 0 Å². The first-order valence-corrected chi connectivity index (χ1v) is 9.65. The molecule has 7 heteroatoms. The first kappa shape index (κ1) is 16.6. The summed E-state index contributed by atoms with van der Waals surface area (Å²) in [5, 5.41) is 0. The monoisotopic (exact) mass is 349 g/mol. The molecule has 0 unspecified atom stereocenters. The summed E-state index contributed by atoms with van der Waals surface area (Å²) >= 11 is 0. The highest BCUT2D eigenvalue weighted by Gasteiger charge is 2.35. The molecule has 24 heavy (non-hydrogen) atoms. The predicted molar refractivity (Wildman–Crippen MR) is 89.0 cm³/mol. The van der Waals surface area contributed by atoms with E-state index in [9.17, 15) is 13.2 Å². The summed E-state index contributed by atoms with van der Waals surface area (Å²) in [7, 11) is -3.05. The average Bonchev–Trinajstić information content (AvgIpc) is 3.16. The van der Waals surface area contributed by atoms with Gasteiger partial charge in [-0.15, -0.1) is 0 Å². The predicted octanol–water partition coefficient (Wildman–Crippen LogP) is 2.72. The summed E-state index contributed by atoms with van der Waals surface area (Å²) in [6, 6.07) is 12.0. The van der Waals surface area contributed by atoms with Crippen LogP contribution in [0.5, 0.6) is 11.7 Å². The van der Waals surface area contributed by atoms with Crippen molar-refractivity contribution in [3.8, 4) is 11.7 Å². The van der Waals surface area contributed by atoms with Crippen molar-refractivity contribution in [2.75, 3.05) is 18.1 Å². The molecule has 2 aromatic rings. The second-order valence-electron chi connectivity index (χ2n) is 5.68. The quantitative estimate of drug-likeness (QED) is 0.829. The van der Waals surface area contributed by atoms with Crippen molar-refractivity contribution in [1.82, 2.24) is 4.90 Å². The van der Waals surface area contributed by atoms with Crippen LogP contribution in [-0.4, -0.2) is 43.3 Å². The van der Waals surface area contributed by atoms with Gasteiger partial charge in [-0.1, -0.05) is 18.2 Å². The van der Waals surface area contributed by atoms with Gasteiger partial charge in [0.15, 0.2) is 15.6 Å². The van der Waals surface area contributed by atoms with Gasteiger partial charge in [-0.3, -0.25) is 4.79 Å². The van der Waals surface area contributed by atoms with Gasteiger partial charge in [-0.25, -0.2) is 8.42 Å². The highest BCUT2D eigenvalue weighted by atomic mass is 32.2. The molecule has 0 bridgehead atoms. The summed E-state index contributed by atoms with van der Waals surface area (Å²) in [6.07, 6.45) is 0.468. The molecule has 0 N–H and O–H groups in total. The Kier molecular flexibility index (Phi) is 4.62. The lowest BCUT2D eigenvalue weighted by Crippen LogP contribution is -2.40. The second-order valence-corrected chi connectivity index (χ2v) is 7.91. The normalized spacial score (nSPS) is 19.1. The van der Waals surface area contributed by atoms with Gasteiger partial charge in [0.25, 0.3) is 11.9 Å². The molecule has 1 atom stereocenters. The van der Waals surface area contributed by atoms with E-state index in [4.69, 9.17) is 9.15 Å². The van der Waals surface area contributed by atoms with Gasteiger partial charge in [0.05, 0.1) is 11.5 Å². The van der Waals surface area contributed by atoms with Gasteiger partial charge in [-0.05, 0) is 31.5 Å². The lowest BCUT2D eigenvalue weighted by Gasteiger charge is -2.25. The van der Waals surface area contributed by atoms with Crippen LogP contribution in [0.4, 0.5) is 0 Å². The Bertz CT molecular complexity index is 813. The second kappa shape index (κ2) is 6.68. The van der Waals surface area contributed by atoms with Gasteiger partial charge in [0.2, 0.25) is 0 Å². The van der Waals surface area contributed by atoms with Crippen LogP contribution in [0, 0.1) is 0 Å². The van der Waals surface area contributed by atoms with Crippen LogP contribution in [-0.2, 0) is 9.84 Å². The molecule has 0 spiro atoms. The number of hydrogen-bond donors (Lipinski definition) is 0. The standard InChI is InChI=1S/C17H19NO5S/c1-2-18(13-10-11-24(20,21)12-13)17(19)15-8-9-16(23-15)22-14-6-4-3-5-7-14/h3-9,13H,2,10-12H2,1H3/t13-/m1/s1. The van der Waals surface area contributed by atoms with Crippen LogP contribution in [0.25, 0.3) is 0 Å². The van der Waals surface area contributed by atoms with E-state index in [1.54, 1.807) is 29.2 Å². The lowest BCUT2D eigenvalue weighted by atomic mass is 10.2. The Labute approximate surface area is 140 Å². The van der Waals surface area contributed by atoms with E-state index in [0.717, 1.165) is 0 Å². The molecule has 1 aliphatic heterocycles. The Hall–Kier alpha value is -2.28. The van der Waals surface area contributed by atoms with Crippen molar-refractivity contribution in [2.24, 2.45) is 0 Å². The Morgan fingerprint density at radius 2 is 2.00 bits per heavy atom. The molecule has 1 aromatic heterocycles. The number of carbonyl (C=O) groups is 1. The summed E-state index contributed by atoms with van der Waals surface area (Å²) in [6.45, 7) is 2.25. The maximum absolute atomic E-state index is 12.6. The third-order valence-electron chi connectivity index (χ3n) is 4.00. The van der Waals surface area contributed by atoms with Crippen molar-refractivity contribution in [3.05, 3.63) is 48.2 Å². The van der Waals surface area contributed by atoms with E-state index in [-0.39, 0.29) is 35.2 Å². The molecule has 1 aromatic carbocycles. The maximum Gasteiger partial charge on any atom is 0.290 e. The number of nitrogens with zero attached hydrogens (tertiary/aromatic N) is 1. The molecule has 2 heterocycles. The molecule has 128 valence electrons. The molecule has 1 saturated heterocycles. The SMILES string of the molecule is CCN(C(=O)c1ccc(Oc2ccccc2)o1)[C@@H]1CCS(=O)(=O)C1. The van der Waals surface area contributed by atoms with Crippen LogP contribution < -0.4 is 4.74 Å². The molecule has 1 amide bonds. The number of hydrogen-bond acceptors (Lipinski definition) is 5. The molecule has 0 aliphatic carbocycles. The largest absolute Gasteiger partial charge is 0.426 e. The van der Waals surface area contributed by atoms with E-state index in [2.05, 4.69) is 0 Å². The maximum atomic E-state index is 12.6. The number of amides is 1. The highest BCUT2D eigenvalue weighted by molar-refractivity contribution is 7.91. The highest BCUT2D eigenvalue weighted by Crippen LogP contribution is 2.26. The number of benzene rings is 1. The Morgan fingerprint density at radius 1 is 1.25 bits per heavy atom. The summed E-state index contributed by atoms with van der Waals surface area (Å²) < 4.78 is 34.3. The first-order valence-electron chi connectivity index (χ1n) is 7.82. The van der Waals surface area contributed by atoms with Gasteiger partial charge in [0.1, 0.15) is 5.75 Å². The summed E-state index contributed by atoms with van der Waals surface area (Å²) in [4.78, 5) is 14.2. The minimum atomic E-state index is -3.05. The molecular formula is C17H19NO5S. The zero-order valence-electron chi connectivity index (χ0n) is 13.3. The van der Waals surface area contributed by atoms with E-state index >= 15 is 0 Å². The minimum Gasteiger partial charge on any atom is -0.426 e. The number of rotatable bonds is 5. The lowest BCUT2D eigenvalue weighted by molar-refractivity contribution is 0.0671. The van der Waals surface area contributed by atoms with Crippen LogP contribution in [0.15, 0.2) is 46.9 Å². The van der Waals surface area contributed by atoms with Crippen LogP contribution >= 0.6 is 0 Å². The molecule has 1 fully saturated rings. The van der Waals surface area contributed by atoms with E-state index < -0.39 is 9.84 Å². The average molecular weight is 349 g/mol. The number of carbonyl (C=O) groups excluding carboxylic acids is 1. The zero-order valence-corrected chi connectivity index (χ0v) is 14.2. The number of ether oxygens (including phenoxy) is 1. The molecule has 0 radical (unpaired) electrons. The Morgan fingerprint density at radius 3 is 2.62 bits per heavy atom. The van der Waals surface area contributed by atoms with E-state index in [1.165, 1.54) is 0 Å². The van der Waals surface area contributed by atoms with Crippen molar-refractivity contribution < 1.29 is 22.4 Å². The van der Waals surface area contributed by atoms with Gasteiger partial charge in [-0.2, -0.15) is 0 Å². The summed E-state index contributed by atoms with van der Waals surface area (Å²) in [5.74, 6) is 0.803. The molecule has 0 saturated carbocycles. The zero-order chi connectivity index (χ0) is 17.2. The van der Waals surface area contributed by atoms with Crippen LogP contribution in [0.2, 0.25) is 0 Å². The fourth-order valence-electron chi connectivity index (χ4n) is 2.82. The minimum absolute atomic E-state index is 0.0145. The molecular weight excluding hydrogens is 330 g/mol. The van der Waals surface area contributed by atoms with E-state index in [1.807, 2.05) is 25.1 Å². The fourth-order valence-corrected chi connectivity index (χ4v) is 4.56. The third-order valence-corrected chi connectivity index (χ3v) is 5.75. The smallest absolute Gasteiger partial charge is 0.290 e. The molecule has 6 nitrogen and oxygen atoms in total. The van der Waals surface area contributed by atoms with Crippen LogP contribution in [0.3, 0.4) is 0 Å². The first-order chi connectivity index (χ1) is 11.5. The van der Waals surface area contributed by atoms with Crippen molar-refractivity contribution in [1.29, 1.82) is 0 Å².